The van der Waals surface area contributed by atoms with E-state index >= 15 is 0 Å². The molecule has 0 radical (unpaired) electrons. The van der Waals surface area contributed by atoms with E-state index in [-0.39, 0.29) is 0 Å². The maximum absolute atomic E-state index is 11.6. The molecule has 96 valence electrons. The number of carbonyl (C=O) groups is 1. The first-order valence-corrected chi connectivity index (χ1v) is 7.07. The lowest BCUT2D eigenvalue weighted by Gasteiger charge is -2.38. The Morgan fingerprint density at radius 2 is 1.94 bits per heavy atom. The molecular weight excluding hydrogens is 246 g/mol. The van der Waals surface area contributed by atoms with Gasteiger partial charge in [-0.3, -0.25) is 9.69 Å². The summed E-state index contributed by atoms with van der Waals surface area (Å²) in [6.45, 7) is 2.23. The van der Waals surface area contributed by atoms with Crippen LogP contribution in [0.1, 0.15) is 44.2 Å². The van der Waals surface area contributed by atoms with E-state index in [4.69, 9.17) is 11.6 Å². The molecule has 2 fully saturated rings. The Balaban J connectivity index is 1.85. The van der Waals surface area contributed by atoms with Gasteiger partial charge in [0.2, 0.25) is 0 Å². The lowest BCUT2D eigenvalue weighted by molar-refractivity contribution is -0.124. The zero-order valence-corrected chi connectivity index (χ0v) is 11.4. The van der Waals surface area contributed by atoms with Gasteiger partial charge < -0.3 is 0 Å². The van der Waals surface area contributed by atoms with Crippen molar-refractivity contribution in [1.29, 1.82) is 0 Å². The van der Waals surface area contributed by atoms with Crippen LogP contribution in [0.15, 0.2) is 24.3 Å². The van der Waals surface area contributed by atoms with Gasteiger partial charge in [-0.15, -0.1) is 0 Å². The molecule has 2 bridgehead atoms. The minimum Gasteiger partial charge on any atom is -0.300 e. The highest BCUT2D eigenvalue weighted by atomic mass is 35.5. The molecule has 0 amide bonds. The Morgan fingerprint density at radius 1 is 1.28 bits per heavy atom. The maximum Gasteiger partial charge on any atom is 0.136 e. The summed E-state index contributed by atoms with van der Waals surface area (Å²) in [7, 11) is 0. The first-order chi connectivity index (χ1) is 8.65. The van der Waals surface area contributed by atoms with E-state index in [1.54, 1.807) is 0 Å². The van der Waals surface area contributed by atoms with Crippen molar-refractivity contribution in [2.75, 3.05) is 0 Å². The van der Waals surface area contributed by atoms with Crippen LogP contribution < -0.4 is 0 Å². The van der Waals surface area contributed by atoms with Gasteiger partial charge >= 0.3 is 0 Å². The summed E-state index contributed by atoms with van der Waals surface area (Å²) in [6, 6.07) is 9.34. The van der Waals surface area contributed by atoms with E-state index in [0.717, 1.165) is 17.9 Å². The number of nitrogens with zero attached hydrogens (tertiary/aromatic N) is 1. The zero-order valence-electron chi connectivity index (χ0n) is 10.6. The molecule has 0 aromatic heterocycles. The van der Waals surface area contributed by atoms with Crippen LogP contribution in [0.3, 0.4) is 0 Å². The molecule has 2 aliphatic heterocycles. The summed E-state index contributed by atoms with van der Waals surface area (Å²) >= 11 is 6.07. The van der Waals surface area contributed by atoms with Crippen LogP contribution in [-0.4, -0.2) is 22.8 Å². The van der Waals surface area contributed by atoms with E-state index in [2.05, 4.69) is 17.9 Å². The zero-order chi connectivity index (χ0) is 12.7. The van der Waals surface area contributed by atoms with Crippen molar-refractivity contribution < 1.29 is 4.79 Å². The second kappa shape index (κ2) is 4.67. The Hall–Kier alpha value is -0.860. The normalized spacial score (nSPS) is 29.6. The average Bonchev–Trinajstić information content (AvgIpc) is 2.61. The molecule has 3 atom stereocenters. The number of fused-ring (bicyclic) bond motifs is 2. The van der Waals surface area contributed by atoms with Gasteiger partial charge in [-0.05, 0) is 37.5 Å². The van der Waals surface area contributed by atoms with Crippen LogP contribution in [-0.2, 0) is 4.79 Å². The molecule has 2 heterocycles. The van der Waals surface area contributed by atoms with Gasteiger partial charge in [-0.25, -0.2) is 0 Å². The van der Waals surface area contributed by atoms with Crippen LogP contribution in [0.25, 0.3) is 0 Å². The third-order valence-corrected chi connectivity index (χ3v) is 4.62. The summed E-state index contributed by atoms with van der Waals surface area (Å²) in [6.07, 6.45) is 3.81. The topological polar surface area (TPSA) is 20.3 Å². The van der Waals surface area contributed by atoms with Gasteiger partial charge in [0.05, 0.1) is 0 Å². The standard InChI is InChI=1S/C15H18ClNO/c1-10(11-3-2-4-12(16)7-11)17-13-5-6-14(17)9-15(18)8-13/h2-4,7,10,13-14H,5-6,8-9H2,1H3. The van der Waals surface area contributed by atoms with Gasteiger partial charge in [0, 0.05) is 36.0 Å². The summed E-state index contributed by atoms with van der Waals surface area (Å²) in [5.41, 5.74) is 1.26. The first kappa shape index (κ1) is 12.2. The molecule has 0 aliphatic carbocycles. The third kappa shape index (κ3) is 2.08. The number of hydrogen-bond donors (Lipinski definition) is 0. The summed E-state index contributed by atoms with van der Waals surface area (Å²) in [5, 5.41) is 0.791. The molecule has 0 spiro atoms. The maximum atomic E-state index is 11.6. The fourth-order valence-electron chi connectivity index (χ4n) is 3.58. The lowest BCUT2D eigenvalue weighted by atomic mass is 9.96. The molecule has 3 unspecified atom stereocenters. The van der Waals surface area contributed by atoms with Crippen molar-refractivity contribution in [3.8, 4) is 0 Å². The van der Waals surface area contributed by atoms with E-state index in [1.165, 1.54) is 18.4 Å². The van der Waals surface area contributed by atoms with Crippen molar-refractivity contribution >= 4 is 17.4 Å². The average molecular weight is 264 g/mol. The van der Waals surface area contributed by atoms with Crippen molar-refractivity contribution in [3.63, 3.8) is 0 Å². The smallest absolute Gasteiger partial charge is 0.136 e. The van der Waals surface area contributed by atoms with Gasteiger partial charge in [-0.2, -0.15) is 0 Å². The number of rotatable bonds is 2. The predicted molar refractivity (Wildman–Crippen MR) is 72.8 cm³/mol. The van der Waals surface area contributed by atoms with Crippen LogP contribution in [0.4, 0.5) is 0 Å². The minimum absolute atomic E-state index is 0.356. The molecule has 2 nitrogen and oxygen atoms in total. The number of benzene rings is 1. The Labute approximate surface area is 113 Å². The molecule has 3 rings (SSSR count). The molecule has 2 aliphatic rings. The molecule has 3 heteroatoms. The third-order valence-electron chi connectivity index (χ3n) is 4.38. The number of piperidine rings is 1. The molecule has 2 saturated heterocycles. The SMILES string of the molecule is CC(c1cccc(Cl)c1)N1C2CCC1CC(=O)C2. The lowest BCUT2D eigenvalue weighted by Crippen LogP contribution is -2.44. The monoisotopic (exact) mass is 263 g/mol. The highest BCUT2D eigenvalue weighted by Crippen LogP contribution is 2.40. The molecule has 0 saturated carbocycles. The van der Waals surface area contributed by atoms with Gasteiger partial charge in [0.1, 0.15) is 5.78 Å². The first-order valence-electron chi connectivity index (χ1n) is 6.70. The van der Waals surface area contributed by atoms with E-state index in [0.29, 0.717) is 23.9 Å². The number of ketones is 1. The van der Waals surface area contributed by atoms with Gasteiger partial charge in [-0.1, -0.05) is 23.7 Å². The van der Waals surface area contributed by atoms with Crippen LogP contribution in [0, 0.1) is 0 Å². The number of carbonyl (C=O) groups excluding carboxylic acids is 1. The molecule has 0 N–H and O–H groups in total. The number of hydrogen-bond acceptors (Lipinski definition) is 2. The van der Waals surface area contributed by atoms with Crippen LogP contribution >= 0.6 is 11.6 Å². The van der Waals surface area contributed by atoms with Crippen molar-refractivity contribution in [1.82, 2.24) is 4.90 Å². The van der Waals surface area contributed by atoms with E-state index in [1.807, 2.05) is 18.2 Å². The number of halogens is 1. The molecule has 1 aromatic carbocycles. The second-order valence-electron chi connectivity index (χ2n) is 5.51. The second-order valence-corrected chi connectivity index (χ2v) is 5.95. The highest BCUT2D eigenvalue weighted by molar-refractivity contribution is 6.30. The molecular formula is C15H18ClNO. The molecule has 1 aromatic rings. The minimum atomic E-state index is 0.356. The van der Waals surface area contributed by atoms with E-state index in [9.17, 15) is 4.79 Å². The van der Waals surface area contributed by atoms with Gasteiger partial charge in [0.15, 0.2) is 0 Å². The van der Waals surface area contributed by atoms with Crippen LogP contribution in [0.2, 0.25) is 5.02 Å². The largest absolute Gasteiger partial charge is 0.300 e. The van der Waals surface area contributed by atoms with Crippen molar-refractivity contribution in [2.45, 2.75) is 50.7 Å². The Bertz CT molecular complexity index is 457. The predicted octanol–water partition coefficient (Wildman–Crippen LogP) is 3.60. The van der Waals surface area contributed by atoms with Crippen molar-refractivity contribution in [2.24, 2.45) is 0 Å². The molecule has 18 heavy (non-hydrogen) atoms. The van der Waals surface area contributed by atoms with Gasteiger partial charge in [0.25, 0.3) is 0 Å². The van der Waals surface area contributed by atoms with Crippen molar-refractivity contribution in [3.05, 3.63) is 34.9 Å². The summed E-state index contributed by atoms with van der Waals surface area (Å²) in [4.78, 5) is 14.2. The Morgan fingerprint density at radius 3 is 2.56 bits per heavy atom. The Kier molecular flexibility index (Phi) is 3.16. The fourth-order valence-corrected chi connectivity index (χ4v) is 3.77. The van der Waals surface area contributed by atoms with E-state index < -0.39 is 0 Å². The highest BCUT2D eigenvalue weighted by Gasteiger charge is 2.42. The summed E-state index contributed by atoms with van der Waals surface area (Å²) < 4.78 is 0. The quantitative estimate of drug-likeness (QED) is 0.813. The fraction of sp³-hybridized carbons (Fsp3) is 0.533. The summed E-state index contributed by atoms with van der Waals surface area (Å²) in [5.74, 6) is 0.442. The number of Topliss-reactive ketones (excluding diaryl/α,β-unsaturated/α-hetero) is 1. The van der Waals surface area contributed by atoms with Crippen LogP contribution in [0.5, 0.6) is 0 Å².